The fraction of sp³-hybridized carbons (Fsp3) is 0. The summed E-state index contributed by atoms with van der Waals surface area (Å²) in [6.45, 7) is 0. The highest BCUT2D eigenvalue weighted by Crippen LogP contribution is 2.46. The maximum Gasteiger partial charge on any atom is 0.164 e. The molecule has 0 saturated carbocycles. The molecule has 16 nitrogen and oxygen atoms in total. The van der Waals surface area contributed by atoms with Gasteiger partial charge in [-0.3, -0.25) is 0 Å². The van der Waals surface area contributed by atoms with Crippen LogP contribution in [0.4, 0.5) is 52.7 Å². The summed E-state index contributed by atoms with van der Waals surface area (Å²) >= 11 is 0. The number of rotatable bonds is 0. The molecular weight excluding hydrogens is 1150 g/mol. The maximum absolute atomic E-state index is 15.4. The molecule has 10 heterocycles. The van der Waals surface area contributed by atoms with Gasteiger partial charge in [-0.1, -0.05) is 0 Å². The molecule has 13 aromatic rings. The molecule has 7 aromatic carbocycles. The monoisotopic (exact) mass is 1170 g/mol. The largest absolute Gasteiger partial charge is 0.324 e. The molecule has 4 N–H and O–H groups in total. The summed E-state index contributed by atoms with van der Waals surface area (Å²) < 4.78 is 183. The number of nitrogens with one attached hydrogen (secondary N) is 4. The van der Waals surface area contributed by atoms with E-state index < -0.39 is 69.8 Å². The van der Waals surface area contributed by atoms with Crippen molar-refractivity contribution >= 4 is 88.3 Å². The lowest BCUT2D eigenvalue weighted by Gasteiger charge is -2.04. The highest BCUT2D eigenvalue weighted by atomic mass is 19.2. The third-order valence-corrected chi connectivity index (χ3v) is 15.0. The first-order chi connectivity index (χ1) is 41.4. The van der Waals surface area contributed by atoms with Crippen molar-refractivity contribution in [2.45, 2.75) is 0 Å². The molecule has 0 fully saturated rings. The number of hydrogen-bond acceptors (Lipinski definition) is 12. The highest BCUT2D eigenvalue weighted by Gasteiger charge is 2.31. The van der Waals surface area contributed by atoms with Gasteiger partial charge in [-0.2, -0.15) is 0 Å². The van der Waals surface area contributed by atoms with Crippen LogP contribution in [0.15, 0.2) is 84.9 Å². The van der Waals surface area contributed by atoms with E-state index in [-0.39, 0.29) is 179 Å². The van der Waals surface area contributed by atoms with Crippen molar-refractivity contribution in [2.75, 3.05) is 0 Å². The molecule has 4 aliphatic rings. The molecule has 17 rings (SSSR count). The van der Waals surface area contributed by atoms with Crippen molar-refractivity contribution < 1.29 is 52.7 Å². The van der Waals surface area contributed by atoms with Gasteiger partial charge in [-0.15, -0.1) is 0 Å². The number of halogens is 12. The van der Waals surface area contributed by atoms with Gasteiger partial charge in [0.15, 0.2) is 116 Å². The van der Waals surface area contributed by atoms with Gasteiger partial charge in [-0.25, -0.2) is 112 Å². The zero-order valence-electron chi connectivity index (χ0n) is 42.0. The molecule has 0 radical (unpaired) electrons. The topological polar surface area (TPSA) is 218 Å². The molecule has 4 aliphatic heterocycles. The second kappa shape index (κ2) is 17.0. The van der Waals surface area contributed by atoms with E-state index in [9.17, 15) is 0 Å². The first kappa shape index (κ1) is 49.1. The Balaban J connectivity index is 1.01. The van der Waals surface area contributed by atoms with Gasteiger partial charge in [0.05, 0.1) is 0 Å². The number of aromatic amines is 4. The lowest BCUT2D eigenvalue weighted by molar-refractivity contribution is 0.509. The summed E-state index contributed by atoms with van der Waals surface area (Å²) in [6, 6.07) is 12.7. The predicted octanol–water partition coefficient (Wildman–Crippen LogP) is 13.7. The molecule has 0 amide bonds. The minimum absolute atomic E-state index is 0.0732. The summed E-state index contributed by atoms with van der Waals surface area (Å²) in [7, 11) is 0. The number of H-pyrrole nitrogens is 4. The second-order valence-electron chi connectivity index (χ2n) is 20.0. The zero-order chi connectivity index (χ0) is 58.6. The Bertz CT molecular complexity index is 5110. The SMILES string of the molecule is Fc1cc2c(cc1F)-c1nc-2nc2[nH]c(nc3nc(nc4[nH]c(n1)c1cc(F)c(F)cc41)-c1cc4c(cc1-3)-c1nc-4nc3[nH]c(nc4nc(nc5[nH]c(n1)c1cc(F)c(F)cc51)-c1cc(F)c(F)cc1-4)c1cc(F)c(F)cc31)c1cc(F)c(F)cc21. The third kappa shape index (κ3) is 7.08. The van der Waals surface area contributed by atoms with Crippen LogP contribution in [-0.4, -0.2) is 79.7 Å². The van der Waals surface area contributed by atoms with E-state index >= 15 is 52.7 Å². The van der Waals surface area contributed by atoms with Gasteiger partial charge in [-0.05, 0) is 84.9 Å². The Hall–Kier alpha value is -11.6. The number of nitrogens with zero attached hydrogens (tertiary/aromatic N) is 12. The maximum atomic E-state index is 15.4. The molecule has 414 valence electrons. The molecule has 0 aliphatic carbocycles. The van der Waals surface area contributed by atoms with Crippen LogP contribution in [-0.2, 0) is 0 Å². The number of hydrogen-bond donors (Lipinski definition) is 4. The van der Waals surface area contributed by atoms with Crippen LogP contribution in [0.2, 0.25) is 0 Å². The van der Waals surface area contributed by atoms with Crippen molar-refractivity contribution in [2.24, 2.45) is 0 Å². The Labute approximate surface area is 465 Å². The Morgan fingerprint density at radius 1 is 0.163 bits per heavy atom. The van der Waals surface area contributed by atoms with Crippen molar-refractivity contribution in [3.05, 3.63) is 155 Å². The second-order valence-corrected chi connectivity index (χ2v) is 20.0. The normalized spacial score (nSPS) is 12.4. The molecule has 0 saturated heterocycles. The molecule has 86 heavy (non-hydrogen) atoms. The van der Waals surface area contributed by atoms with Crippen molar-refractivity contribution in [1.82, 2.24) is 79.7 Å². The summed E-state index contributed by atoms with van der Waals surface area (Å²) in [6.07, 6.45) is 0. The smallest absolute Gasteiger partial charge is 0.164 e. The van der Waals surface area contributed by atoms with Crippen LogP contribution in [0, 0.1) is 69.8 Å². The van der Waals surface area contributed by atoms with Crippen LogP contribution >= 0.6 is 0 Å². The van der Waals surface area contributed by atoms with Crippen molar-refractivity contribution in [1.29, 1.82) is 0 Å². The third-order valence-electron chi connectivity index (χ3n) is 15.0. The van der Waals surface area contributed by atoms with Gasteiger partial charge in [0.2, 0.25) is 0 Å². The number of fused-ring (bicyclic) bond motifs is 40. The van der Waals surface area contributed by atoms with Crippen LogP contribution in [0.3, 0.4) is 0 Å². The quantitative estimate of drug-likeness (QED) is 0.104. The van der Waals surface area contributed by atoms with Gasteiger partial charge in [0.1, 0.15) is 45.2 Å². The molecule has 16 bridgehead atoms. The van der Waals surface area contributed by atoms with Crippen molar-refractivity contribution in [3.8, 4) is 91.1 Å². The standard InChI is InChI=1S/C58H18F12N16/c59-31-3-19-23(7-35(31)63)51-77-47(19)73-43-15-1-16-18(2-17(15)45(71-43)75-49-21-5-33(61)37(65)9-25(21)53(79-49)83-57-29-13-41(69)39(67)11-27(29)55(81-51)85-57)46-72-44(16)74-48-20-4-32(60)36(64)8-24(20)52(78-48)82-56-28-12-40(68)42(70)14-30(28)58(86-56)84-54-26-10-38(66)34(62)6-22(26)50(76-46)80-54/h1-14H,(H2,71,73,75,77,79,81,83,85)(H2,72,74,76,78,80,82,84,86). The fourth-order valence-corrected chi connectivity index (χ4v) is 11.0. The fourth-order valence-electron chi connectivity index (χ4n) is 11.0. The molecule has 0 atom stereocenters. The van der Waals surface area contributed by atoms with E-state index in [2.05, 4.69) is 49.8 Å². The Morgan fingerprint density at radius 2 is 0.291 bits per heavy atom. The molecular formula is C58H18F12N16. The van der Waals surface area contributed by atoms with E-state index in [0.717, 1.165) is 72.8 Å². The number of benzene rings is 7. The van der Waals surface area contributed by atoms with Crippen LogP contribution in [0.25, 0.3) is 179 Å². The van der Waals surface area contributed by atoms with Gasteiger partial charge in [0.25, 0.3) is 0 Å². The van der Waals surface area contributed by atoms with Crippen LogP contribution in [0.5, 0.6) is 0 Å². The summed E-state index contributed by atoms with van der Waals surface area (Å²) in [5.74, 6) is -17.7. The number of aromatic nitrogens is 16. The van der Waals surface area contributed by atoms with Crippen molar-refractivity contribution in [3.63, 3.8) is 0 Å². The minimum Gasteiger partial charge on any atom is -0.324 e. The zero-order valence-corrected chi connectivity index (χ0v) is 42.0. The molecule has 28 heteroatoms. The Kier molecular flexibility index (Phi) is 9.71. The average Bonchev–Trinajstić information content (AvgIpc) is 1.73. The lowest BCUT2D eigenvalue weighted by atomic mass is 9.99. The molecule has 0 unspecified atom stereocenters. The average molecular weight is 1170 g/mol. The molecule has 6 aromatic heterocycles. The van der Waals surface area contributed by atoms with Gasteiger partial charge >= 0.3 is 0 Å². The predicted molar refractivity (Wildman–Crippen MR) is 285 cm³/mol. The van der Waals surface area contributed by atoms with E-state index in [1.165, 1.54) is 12.1 Å². The van der Waals surface area contributed by atoms with E-state index in [4.69, 9.17) is 29.9 Å². The minimum atomic E-state index is -1.31. The van der Waals surface area contributed by atoms with E-state index in [1.54, 1.807) is 0 Å². The van der Waals surface area contributed by atoms with E-state index in [0.29, 0.717) is 0 Å². The van der Waals surface area contributed by atoms with Gasteiger partial charge < -0.3 is 19.9 Å². The van der Waals surface area contributed by atoms with Crippen LogP contribution < -0.4 is 0 Å². The summed E-state index contributed by atoms with van der Waals surface area (Å²) in [5, 5.41) is -0.600. The Morgan fingerprint density at radius 3 is 0.442 bits per heavy atom. The summed E-state index contributed by atoms with van der Waals surface area (Å²) in [4.78, 5) is 67.8. The summed E-state index contributed by atoms with van der Waals surface area (Å²) in [5.41, 5.74) is -1.62. The van der Waals surface area contributed by atoms with Crippen LogP contribution in [0.1, 0.15) is 0 Å². The first-order valence-corrected chi connectivity index (χ1v) is 25.2. The highest BCUT2D eigenvalue weighted by molar-refractivity contribution is 6.09. The van der Waals surface area contributed by atoms with E-state index in [1.807, 2.05) is 0 Å². The first-order valence-electron chi connectivity index (χ1n) is 25.2. The molecule has 0 spiro atoms. The lowest BCUT2D eigenvalue weighted by Crippen LogP contribution is -1.89. The van der Waals surface area contributed by atoms with Gasteiger partial charge in [0, 0.05) is 87.6 Å².